The first-order valence-corrected chi connectivity index (χ1v) is 8.84. The number of nitrogens with one attached hydrogen (secondary N) is 2. The fraction of sp³-hybridized carbons (Fsp3) is 0.235. The molecule has 0 fully saturated rings. The van der Waals surface area contributed by atoms with Crippen molar-refractivity contribution in [1.29, 1.82) is 0 Å². The molecule has 0 spiro atoms. The molecule has 0 atom stereocenters. The average molecular weight is 350 g/mol. The van der Waals surface area contributed by atoms with E-state index in [2.05, 4.69) is 10.0 Å². The lowest BCUT2D eigenvalue weighted by molar-refractivity contribution is -0.120. The molecule has 0 saturated carbocycles. The Kier molecular flexibility index (Phi) is 5.69. The van der Waals surface area contributed by atoms with Crippen molar-refractivity contribution in [3.8, 4) is 0 Å². The number of sulfonamides is 1. The normalized spacial score (nSPS) is 11.3. The van der Waals surface area contributed by atoms with Gasteiger partial charge in [0.1, 0.15) is 5.82 Å². The molecule has 5 nitrogen and oxygen atoms in total. The van der Waals surface area contributed by atoms with Crippen molar-refractivity contribution in [2.24, 2.45) is 0 Å². The van der Waals surface area contributed by atoms with Crippen molar-refractivity contribution in [2.75, 3.05) is 6.54 Å². The molecular formula is C17H19FN2O3S. The smallest absolute Gasteiger partial charge is 0.241 e. The molecule has 0 unspecified atom stereocenters. The van der Waals surface area contributed by atoms with Crippen LogP contribution in [0, 0.1) is 19.7 Å². The Bertz CT molecular complexity index is 833. The number of halogens is 1. The van der Waals surface area contributed by atoms with Gasteiger partial charge in [0.2, 0.25) is 15.9 Å². The number of carbonyl (C=O) groups is 1. The second-order valence-corrected chi connectivity index (χ2v) is 7.24. The summed E-state index contributed by atoms with van der Waals surface area (Å²) >= 11 is 0. The first kappa shape index (κ1) is 18.1. The van der Waals surface area contributed by atoms with Crippen LogP contribution in [0.1, 0.15) is 16.7 Å². The van der Waals surface area contributed by atoms with Gasteiger partial charge in [-0.1, -0.05) is 18.2 Å². The highest BCUT2D eigenvalue weighted by molar-refractivity contribution is 7.89. The second kappa shape index (κ2) is 7.55. The summed E-state index contributed by atoms with van der Waals surface area (Å²) in [4.78, 5) is 11.9. The first-order chi connectivity index (χ1) is 11.3. The predicted molar refractivity (Wildman–Crippen MR) is 89.4 cm³/mol. The number of hydrogen-bond donors (Lipinski definition) is 2. The third-order valence-corrected chi connectivity index (χ3v) is 5.01. The molecule has 0 aromatic heterocycles. The van der Waals surface area contributed by atoms with Crippen LogP contribution in [0.5, 0.6) is 0 Å². The molecule has 24 heavy (non-hydrogen) atoms. The maximum absolute atomic E-state index is 12.8. The third-order valence-electron chi connectivity index (χ3n) is 3.61. The van der Waals surface area contributed by atoms with Crippen LogP contribution < -0.4 is 10.0 Å². The summed E-state index contributed by atoms with van der Waals surface area (Å²) in [6, 6.07) is 10.5. The first-order valence-electron chi connectivity index (χ1n) is 7.36. The average Bonchev–Trinajstić information content (AvgIpc) is 2.55. The lowest BCUT2D eigenvalue weighted by Crippen LogP contribution is -2.36. The lowest BCUT2D eigenvalue weighted by atomic mass is 10.1. The fourth-order valence-corrected chi connectivity index (χ4v) is 3.06. The van der Waals surface area contributed by atoms with Gasteiger partial charge in [0.05, 0.1) is 11.4 Å². The molecule has 7 heteroatoms. The predicted octanol–water partition coefficient (Wildman–Crippen LogP) is 2.04. The van der Waals surface area contributed by atoms with Crippen molar-refractivity contribution >= 4 is 15.9 Å². The van der Waals surface area contributed by atoms with E-state index in [1.165, 1.54) is 18.2 Å². The molecule has 2 rings (SSSR count). The number of benzene rings is 2. The maximum atomic E-state index is 12.8. The van der Waals surface area contributed by atoms with Crippen molar-refractivity contribution in [1.82, 2.24) is 10.0 Å². The minimum absolute atomic E-state index is 0.122. The lowest BCUT2D eigenvalue weighted by Gasteiger charge is -2.09. The summed E-state index contributed by atoms with van der Waals surface area (Å²) in [5, 5.41) is 2.57. The molecule has 2 aromatic carbocycles. The molecule has 1 amide bonds. The van der Waals surface area contributed by atoms with Crippen LogP contribution in [0.25, 0.3) is 0 Å². The molecule has 2 aromatic rings. The number of hydrogen-bond acceptors (Lipinski definition) is 3. The van der Waals surface area contributed by atoms with Crippen LogP contribution in [0.15, 0.2) is 47.4 Å². The van der Waals surface area contributed by atoms with Crippen molar-refractivity contribution in [3.05, 3.63) is 65.0 Å². The molecule has 0 saturated heterocycles. The van der Waals surface area contributed by atoms with Gasteiger partial charge in [-0.25, -0.2) is 17.5 Å². The van der Waals surface area contributed by atoms with Crippen LogP contribution in [0.3, 0.4) is 0 Å². The monoisotopic (exact) mass is 350 g/mol. The van der Waals surface area contributed by atoms with Crippen LogP contribution in [0.2, 0.25) is 0 Å². The summed E-state index contributed by atoms with van der Waals surface area (Å²) in [5.41, 5.74) is 2.58. The third kappa shape index (κ3) is 4.87. The molecule has 0 heterocycles. The van der Waals surface area contributed by atoms with E-state index in [0.29, 0.717) is 0 Å². The molecule has 0 aliphatic carbocycles. The van der Waals surface area contributed by atoms with E-state index < -0.39 is 15.9 Å². The number of amides is 1. The van der Waals surface area contributed by atoms with E-state index in [4.69, 9.17) is 0 Å². The zero-order chi connectivity index (χ0) is 17.7. The van der Waals surface area contributed by atoms with Gasteiger partial charge in [-0.15, -0.1) is 0 Å². The van der Waals surface area contributed by atoms with Crippen molar-refractivity contribution < 1.29 is 17.6 Å². The Morgan fingerprint density at radius 1 is 1.04 bits per heavy atom. The van der Waals surface area contributed by atoms with Gasteiger partial charge in [-0.05, 0) is 54.8 Å². The van der Waals surface area contributed by atoms with Gasteiger partial charge >= 0.3 is 0 Å². The largest absolute Gasteiger partial charge is 0.351 e. The van der Waals surface area contributed by atoms with Gasteiger partial charge in [-0.3, -0.25) is 4.79 Å². The van der Waals surface area contributed by atoms with E-state index in [1.807, 2.05) is 13.8 Å². The number of carbonyl (C=O) groups excluding carboxylic acids is 1. The molecule has 0 aliphatic heterocycles. The molecule has 128 valence electrons. The zero-order valence-electron chi connectivity index (χ0n) is 13.5. The summed E-state index contributed by atoms with van der Waals surface area (Å²) in [6.07, 6.45) is 0. The summed E-state index contributed by atoms with van der Waals surface area (Å²) in [7, 11) is -3.74. The standard InChI is InChI=1S/C17H19FN2O3S/c1-12-3-8-16(9-13(12)2)24(22,23)20-11-17(21)19-10-14-4-6-15(18)7-5-14/h3-9,20H,10-11H2,1-2H3,(H,19,21). The second-order valence-electron chi connectivity index (χ2n) is 5.47. The molecule has 0 radical (unpaired) electrons. The number of aryl methyl sites for hydroxylation is 2. The van der Waals surface area contributed by atoms with E-state index in [0.717, 1.165) is 16.7 Å². The van der Waals surface area contributed by atoms with Crippen molar-refractivity contribution in [2.45, 2.75) is 25.3 Å². The Morgan fingerprint density at radius 2 is 1.71 bits per heavy atom. The van der Waals surface area contributed by atoms with Gasteiger partial charge in [0.25, 0.3) is 0 Å². The highest BCUT2D eigenvalue weighted by atomic mass is 32.2. The molecule has 0 bridgehead atoms. The molecule has 0 aliphatic rings. The van der Waals surface area contributed by atoms with Gasteiger partial charge in [-0.2, -0.15) is 0 Å². The van der Waals surface area contributed by atoms with E-state index in [9.17, 15) is 17.6 Å². The summed E-state index contributed by atoms with van der Waals surface area (Å²) in [6.45, 7) is 3.55. The summed E-state index contributed by atoms with van der Waals surface area (Å²) in [5.74, 6) is -0.821. The SMILES string of the molecule is Cc1ccc(S(=O)(=O)NCC(=O)NCc2ccc(F)cc2)cc1C. The topological polar surface area (TPSA) is 75.3 Å². The Hall–Kier alpha value is -2.25. The van der Waals surface area contributed by atoms with E-state index in [-0.39, 0.29) is 23.8 Å². The van der Waals surface area contributed by atoms with Gasteiger partial charge in [0, 0.05) is 6.54 Å². The minimum Gasteiger partial charge on any atom is -0.351 e. The highest BCUT2D eigenvalue weighted by Crippen LogP contribution is 2.14. The number of rotatable bonds is 6. The Morgan fingerprint density at radius 3 is 2.33 bits per heavy atom. The quantitative estimate of drug-likeness (QED) is 0.837. The molecule has 2 N–H and O–H groups in total. The Balaban J connectivity index is 1.90. The van der Waals surface area contributed by atoms with Crippen LogP contribution in [-0.2, 0) is 21.4 Å². The van der Waals surface area contributed by atoms with Crippen LogP contribution >= 0.6 is 0 Å². The van der Waals surface area contributed by atoms with Crippen molar-refractivity contribution in [3.63, 3.8) is 0 Å². The summed E-state index contributed by atoms with van der Waals surface area (Å²) < 4.78 is 39.4. The fourth-order valence-electron chi connectivity index (χ4n) is 1.99. The Labute approximate surface area is 141 Å². The van der Waals surface area contributed by atoms with Crippen LogP contribution in [0.4, 0.5) is 4.39 Å². The minimum atomic E-state index is -3.74. The van der Waals surface area contributed by atoms with Gasteiger partial charge < -0.3 is 5.32 Å². The maximum Gasteiger partial charge on any atom is 0.241 e. The zero-order valence-corrected chi connectivity index (χ0v) is 14.3. The van der Waals surface area contributed by atoms with E-state index >= 15 is 0 Å². The van der Waals surface area contributed by atoms with E-state index in [1.54, 1.807) is 24.3 Å². The molecular weight excluding hydrogens is 331 g/mol. The highest BCUT2D eigenvalue weighted by Gasteiger charge is 2.16. The van der Waals surface area contributed by atoms with Gasteiger partial charge in [0.15, 0.2) is 0 Å². The van der Waals surface area contributed by atoms with Crippen LogP contribution in [-0.4, -0.2) is 20.9 Å².